The van der Waals surface area contributed by atoms with Gasteiger partial charge in [-0.15, -0.1) is 0 Å². The van der Waals surface area contributed by atoms with E-state index >= 15 is 0 Å². The Morgan fingerprint density at radius 1 is 0.674 bits per heavy atom. The van der Waals surface area contributed by atoms with Gasteiger partial charge < -0.3 is 9.47 Å². The summed E-state index contributed by atoms with van der Waals surface area (Å²) < 4.78 is 11.2. The van der Waals surface area contributed by atoms with E-state index in [-0.39, 0.29) is 22.1 Å². The number of amides is 2. The molecule has 5 aromatic rings. The zero-order valence-corrected chi connectivity index (χ0v) is 25.8. The number of nitrogens with zero attached hydrogens (tertiary/aromatic N) is 1. The Hall–Kier alpha value is -5.53. The van der Waals surface area contributed by atoms with Crippen molar-refractivity contribution < 1.29 is 28.7 Å². The van der Waals surface area contributed by atoms with Gasteiger partial charge in [-0.2, -0.15) is 0 Å². The monoisotopic (exact) mass is 629 g/mol. The molecule has 0 bridgehead atoms. The minimum Gasteiger partial charge on any atom is -0.457 e. The molecule has 0 spiro atoms. The molecule has 0 N–H and O–H groups in total. The fourth-order valence-electron chi connectivity index (χ4n) is 5.30. The third-order valence-electron chi connectivity index (χ3n) is 8.02. The SMILES string of the molecule is CC(C)(c1ccccc1)c1ccc(Oc2ccc(N3C(=O)c4ccc(C(=O)OCC(=O)c5ccc(Cl)cc5)cc4C3=O)cc2)cc1. The highest BCUT2D eigenvalue weighted by atomic mass is 35.5. The molecule has 0 fully saturated rings. The van der Waals surface area contributed by atoms with Crippen molar-refractivity contribution in [2.75, 3.05) is 11.5 Å². The number of hydrogen-bond donors (Lipinski definition) is 0. The van der Waals surface area contributed by atoms with Gasteiger partial charge in [0.2, 0.25) is 0 Å². The number of imide groups is 1. The highest BCUT2D eigenvalue weighted by Crippen LogP contribution is 2.34. The summed E-state index contributed by atoms with van der Waals surface area (Å²) in [5.41, 5.74) is 3.18. The van der Waals surface area contributed by atoms with Gasteiger partial charge in [-0.05, 0) is 90.0 Å². The number of ether oxygens (including phenoxy) is 2. The Labute approximate surface area is 271 Å². The van der Waals surface area contributed by atoms with Crippen molar-refractivity contribution in [3.8, 4) is 11.5 Å². The second-order valence-electron chi connectivity index (χ2n) is 11.3. The van der Waals surface area contributed by atoms with E-state index in [1.54, 1.807) is 36.4 Å². The lowest BCUT2D eigenvalue weighted by Crippen LogP contribution is -2.29. The third-order valence-corrected chi connectivity index (χ3v) is 8.28. The lowest BCUT2D eigenvalue weighted by molar-refractivity contribution is 0.0474. The molecule has 0 aliphatic carbocycles. The Morgan fingerprint density at radius 3 is 1.89 bits per heavy atom. The Balaban J connectivity index is 1.11. The zero-order valence-electron chi connectivity index (χ0n) is 25.0. The van der Waals surface area contributed by atoms with Gasteiger partial charge in [0.1, 0.15) is 11.5 Å². The summed E-state index contributed by atoms with van der Waals surface area (Å²) in [6.07, 6.45) is 0. The summed E-state index contributed by atoms with van der Waals surface area (Å²) in [5, 5.41) is 0.481. The highest BCUT2D eigenvalue weighted by molar-refractivity contribution is 6.34. The summed E-state index contributed by atoms with van der Waals surface area (Å²) in [7, 11) is 0. The first-order valence-electron chi connectivity index (χ1n) is 14.5. The van der Waals surface area contributed by atoms with Gasteiger partial charge >= 0.3 is 5.97 Å². The van der Waals surface area contributed by atoms with E-state index in [2.05, 4.69) is 26.0 Å². The number of halogens is 1. The van der Waals surface area contributed by atoms with Crippen molar-refractivity contribution in [3.05, 3.63) is 160 Å². The lowest BCUT2D eigenvalue weighted by Gasteiger charge is -2.26. The van der Waals surface area contributed by atoms with Crippen molar-refractivity contribution in [3.63, 3.8) is 0 Å². The number of Topliss-reactive ketones (excluding diaryl/α,β-unsaturated/α-hetero) is 1. The van der Waals surface area contributed by atoms with Crippen molar-refractivity contribution in [1.29, 1.82) is 0 Å². The minimum atomic E-state index is -0.790. The molecule has 0 unspecified atom stereocenters. The van der Waals surface area contributed by atoms with Crippen molar-refractivity contribution in [2.45, 2.75) is 19.3 Å². The summed E-state index contributed by atoms with van der Waals surface area (Å²) in [6.45, 7) is 3.87. The molecule has 46 heavy (non-hydrogen) atoms. The topological polar surface area (TPSA) is 90.0 Å². The molecule has 5 aromatic carbocycles. The summed E-state index contributed by atoms with van der Waals surface area (Å²) >= 11 is 5.85. The number of rotatable bonds is 9. The smallest absolute Gasteiger partial charge is 0.338 e. The largest absolute Gasteiger partial charge is 0.457 e. The van der Waals surface area contributed by atoms with Gasteiger partial charge in [0, 0.05) is 16.0 Å². The Kier molecular flexibility index (Phi) is 8.26. The van der Waals surface area contributed by atoms with E-state index in [9.17, 15) is 19.2 Å². The molecular weight excluding hydrogens is 602 g/mol. The number of esters is 1. The summed E-state index contributed by atoms with van der Waals surface area (Å²) in [4.78, 5) is 52.6. The first-order valence-corrected chi connectivity index (χ1v) is 14.9. The fourth-order valence-corrected chi connectivity index (χ4v) is 5.42. The summed E-state index contributed by atoms with van der Waals surface area (Å²) in [6, 6.07) is 35.1. The number of fused-ring (bicyclic) bond motifs is 1. The van der Waals surface area contributed by atoms with Crippen molar-refractivity contribution in [2.24, 2.45) is 0 Å². The molecule has 0 radical (unpaired) electrons. The van der Waals surface area contributed by atoms with Crippen molar-refractivity contribution >= 4 is 40.9 Å². The van der Waals surface area contributed by atoms with Gasteiger partial charge in [-0.3, -0.25) is 14.4 Å². The van der Waals surface area contributed by atoms with Crippen LogP contribution in [0.4, 0.5) is 5.69 Å². The first kappa shape index (κ1) is 30.5. The quantitative estimate of drug-likeness (QED) is 0.0925. The number of anilines is 1. The summed E-state index contributed by atoms with van der Waals surface area (Å²) in [5.74, 6) is -1.09. The van der Waals surface area contributed by atoms with E-state index in [1.165, 1.54) is 35.9 Å². The molecule has 2 amide bonds. The standard InChI is InChI=1S/C38H28ClNO6/c1-38(2,26-6-4-3-5-7-26)27-11-17-30(18-12-27)46-31-19-15-29(16-20-31)40-35(42)32-21-10-25(22-33(32)36(40)43)37(44)45-23-34(41)24-8-13-28(39)14-9-24/h3-22H,23H2,1-2H3. The molecule has 6 rings (SSSR count). The van der Waals surface area contributed by atoms with Crippen LogP contribution in [0, 0.1) is 0 Å². The maximum Gasteiger partial charge on any atom is 0.338 e. The van der Waals surface area contributed by atoms with Crippen LogP contribution >= 0.6 is 11.6 Å². The maximum absolute atomic E-state index is 13.3. The number of carbonyl (C=O) groups is 4. The van der Waals surface area contributed by atoms with Crippen LogP contribution in [0.25, 0.3) is 0 Å². The molecule has 1 aliphatic rings. The van der Waals surface area contributed by atoms with Crippen LogP contribution in [-0.2, 0) is 10.2 Å². The predicted octanol–water partition coefficient (Wildman–Crippen LogP) is 8.30. The van der Waals surface area contributed by atoms with E-state index in [0.29, 0.717) is 27.8 Å². The van der Waals surface area contributed by atoms with Crippen LogP contribution in [0.1, 0.15) is 66.4 Å². The second-order valence-corrected chi connectivity index (χ2v) is 11.8. The van der Waals surface area contributed by atoms with Crippen LogP contribution in [0.15, 0.2) is 121 Å². The molecule has 0 atom stereocenters. The Morgan fingerprint density at radius 2 is 1.24 bits per heavy atom. The molecule has 0 saturated heterocycles. The van der Waals surface area contributed by atoms with Crippen LogP contribution in [-0.4, -0.2) is 30.2 Å². The van der Waals surface area contributed by atoms with Gasteiger partial charge in [-0.25, -0.2) is 9.69 Å². The highest BCUT2D eigenvalue weighted by Gasteiger charge is 2.37. The number of carbonyl (C=O) groups excluding carboxylic acids is 4. The molecule has 7 nitrogen and oxygen atoms in total. The van der Waals surface area contributed by atoms with E-state index in [4.69, 9.17) is 21.1 Å². The maximum atomic E-state index is 13.3. The van der Waals surface area contributed by atoms with Crippen LogP contribution in [0.2, 0.25) is 5.02 Å². The average Bonchev–Trinajstić information content (AvgIpc) is 3.33. The number of hydrogen-bond acceptors (Lipinski definition) is 6. The van der Waals surface area contributed by atoms with Crippen LogP contribution in [0.3, 0.4) is 0 Å². The lowest BCUT2D eigenvalue weighted by atomic mass is 9.78. The van der Waals surface area contributed by atoms with Gasteiger partial charge in [-0.1, -0.05) is 67.9 Å². The van der Waals surface area contributed by atoms with Crippen LogP contribution in [0.5, 0.6) is 11.5 Å². The molecular formula is C38H28ClNO6. The van der Waals surface area contributed by atoms with Gasteiger partial charge in [0.25, 0.3) is 11.8 Å². The molecule has 228 valence electrons. The van der Waals surface area contributed by atoms with E-state index in [1.807, 2.05) is 42.5 Å². The first-order chi connectivity index (χ1) is 22.1. The van der Waals surface area contributed by atoms with Crippen molar-refractivity contribution in [1.82, 2.24) is 0 Å². The van der Waals surface area contributed by atoms with E-state index < -0.39 is 30.2 Å². The predicted molar refractivity (Wildman–Crippen MR) is 175 cm³/mol. The molecule has 1 aliphatic heterocycles. The number of benzene rings is 5. The molecule has 8 heteroatoms. The Bertz CT molecular complexity index is 1950. The van der Waals surface area contributed by atoms with Gasteiger partial charge in [0.05, 0.1) is 22.4 Å². The third kappa shape index (κ3) is 6.05. The average molecular weight is 630 g/mol. The molecule has 1 heterocycles. The fraction of sp³-hybridized carbons (Fsp3) is 0.105. The van der Waals surface area contributed by atoms with Gasteiger partial charge in [0.15, 0.2) is 12.4 Å². The zero-order chi connectivity index (χ0) is 32.4. The van der Waals surface area contributed by atoms with Crippen LogP contribution < -0.4 is 9.64 Å². The normalized spacial score (nSPS) is 12.5. The minimum absolute atomic E-state index is 0.0487. The number of ketones is 1. The molecule has 0 aromatic heterocycles. The molecule has 0 saturated carbocycles. The van der Waals surface area contributed by atoms with E-state index in [0.717, 1.165) is 10.5 Å². The second kappa shape index (κ2) is 12.5.